The molecule has 1 heterocycles. The normalized spacial score (nSPS) is 21.6. The first kappa shape index (κ1) is 16.5. The van der Waals surface area contributed by atoms with Crippen LogP contribution in [0.5, 0.6) is 0 Å². The molecule has 0 aromatic carbocycles. The maximum absolute atomic E-state index is 11.7. The van der Waals surface area contributed by atoms with E-state index in [4.69, 9.17) is 0 Å². The number of azo groups is 1. The van der Waals surface area contributed by atoms with Gasteiger partial charge in [0, 0.05) is 13.2 Å². The predicted molar refractivity (Wildman–Crippen MR) is 72.8 cm³/mol. The van der Waals surface area contributed by atoms with Gasteiger partial charge in [-0.25, -0.2) is 4.79 Å². The van der Waals surface area contributed by atoms with E-state index in [2.05, 4.69) is 20.5 Å². The number of hydroxylamine groups is 1. The van der Waals surface area contributed by atoms with Gasteiger partial charge in [-0.1, -0.05) is 12.2 Å². The van der Waals surface area contributed by atoms with Gasteiger partial charge >= 0.3 is 6.03 Å². The van der Waals surface area contributed by atoms with Crippen molar-refractivity contribution in [1.29, 1.82) is 0 Å². The first-order valence-electron chi connectivity index (χ1n) is 6.11. The number of hydrogen-bond donors (Lipinski definition) is 2. The molecule has 21 heavy (non-hydrogen) atoms. The minimum absolute atomic E-state index is 0.333. The van der Waals surface area contributed by atoms with Crippen molar-refractivity contribution < 1.29 is 19.2 Å². The number of likely N-dealkylation sites (N-methyl/N-ethyl adjacent to an activating group) is 1. The molecule has 2 atom stereocenters. The number of nitrogens with zero attached hydrogens (tertiary/aromatic N) is 3. The van der Waals surface area contributed by atoms with Crippen LogP contribution in [-0.2, 0) is 14.4 Å². The molecule has 1 aliphatic heterocycles. The van der Waals surface area contributed by atoms with Crippen molar-refractivity contribution in [2.24, 2.45) is 10.2 Å². The molecule has 114 valence electrons. The van der Waals surface area contributed by atoms with Gasteiger partial charge < -0.3 is 0 Å². The fourth-order valence-electron chi connectivity index (χ4n) is 1.35. The summed E-state index contributed by atoms with van der Waals surface area (Å²) in [6.07, 6.45) is 6.66. The van der Waals surface area contributed by atoms with Crippen LogP contribution in [0.15, 0.2) is 34.7 Å². The number of imide groups is 2. The Balaban J connectivity index is 2.60. The van der Waals surface area contributed by atoms with Crippen LogP contribution < -0.4 is 10.8 Å². The lowest BCUT2D eigenvalue weighted by Gasteiger charge is -2.24. The lowest BCUT2D eigenvalue weighted by Crippen LogP contribution is -2.58. The summed E-state index contributed by atoms with van der Waals surface area (Å²) in [6, 6.07) is -2.42. The minimum Gasteiger partial charge on any atom is -0.280 e. The summed E-state index contributed by atoms with van der Waals surface area (Å²) in [5, 5.41) is 9.58. The maximum Gasteiger partial charge on any atom is 0.330 e. The highest BCUT2D eigenvalue weighted by molar-refractivity contribution is 6.18. The number of rotatable bonds is 6. The van der Waals surface area contributed by atoms with Crippen LogP contribution in [0.2, 0.25) is 0 Å². The van der Waals surface area contributed by atoms with Crippen LogP contribution in [0.4, 0.5) is 4.79 Å². The molecule has 0 bridgehead atoms. The summed E-state index contributed by atoms with van der Waals surface area (Å²) in [6.45, 7) is 1.73. The minimum atomic E-state index is -1.32. The van der Waals surface area contributed by atoms with Crippen molar-refractivity contribution >= 4 is 17.8 Å². The van der Waals surface area contributed by atoms with Crippen molar-refractivity contribution in [1.82, 2.24) is 15.7 Å². The molecule has 2 unspecified atom stereocenters. The summed E-state index contributed by atoms with van der Waals surface area (Å²) in [4.78, 5) is 39.8. The van der Waals surface area contributed by atoms with Gasteiger partial charge in [0.2, 0.25) is 6.04 Å². The number of hydrogen-bond acceptors (Lipinski definition) is 7. The number of amides is 4. The smallest absolute Gasteiger partial charge is 0.280 e. The van der Waals surface area contributed by atoms with Gasteiger partial charge in [0.25, 0.3) is 11.8 Å². The quantitative estimate of drug-likeness (QED) is 0.313. The summed E-state index contributed by atoms with van der Waals surface area (Å²) in [5.74, 6) is -1.47. The van der Waals surface area contributed by atoms with Crippen molar-refractivity contribution in [3.05, 3.63) is 24.4 Å². The zero-order valence-electron chi connectivity index (χ0n) is 11.9. The molecule has 1 aliphatic rings. The van der Waals surface area contributed by atoms with Gasteiger partial charge in [-0.2, -0.15) is 10.2 Å². The standard InChI is InChI=1S/C12H17N5O4/c1-8(6-4-5-7-13-21-3)15-16-9-10(18)14-12(20)17(2)11(9)19/h4-9,13H,1-3H3,(H,14,18,20). The molecule has 1 saturated heterocycles. The van der Waals surface area contributed by atoms with E-state index in [9.17, 15) is 14.4 Å². The zero-order valence-corrected chi connectivity index (χ0v) is 11.9. The lowest BCUT2D eigenvalue weighted by atomic mass is 10.2. The first-order chi connectivity index (χ1) is 9.97. The molecule has 2 N–H and O–H groups in total. The molecule has 1 rings (SSSR count). The third-order valence-corrected chi connectivity index (χ3v) is 2.49. The largest absolute Gasteiger partial charge is 0.330 e. The van der Waals surface area contributed by atoms with Gasteiger partial charge in [-0.15, -0.1) is 0 Å². The Labute approximate surface area is 121 Å². The van der Waals surface area contributed by atoms with Crippen LogP contribution in [0.1, 0.15) is 6.92 Å². The first-order valence-corrected chi connectivity index (χ1v) is 6.11. The molecule has 0 aromatic rings. The molecular formula is C12H17N5O4. The summed E-state index contributed by atoms with van der Waals surface area (Å²) < 4.78 is 0. The van der Waals surface area contributed by atoms with E-state index in [-0.39, 0.29) is 6.04 Å². The van der Waals surface area contributed by atoms with Crippen LogP contribution >= 0.6 is 0 Å². The number of carbonyl (C=O) groups is 3. The van der Waals surface area contributed by atoms with Crippen LogP contribution in [0.25, 0.3) is 0 Å². The molecule has 0 aliphatic carbocycles. The lowest BCUT2D eigenvalue weighted by molar-refractivity contribution is -0.137. The Morgan fingerprint density at radius 3 is 2.76 bits per heavy atom. The van der Waals surface area contributed by atoms with E-state index in [1.807, 2.05) is 5.32 Å². The van der Waals surface area contributed by atoms with E-state index in [1.165, 1.54) is 14.2 Å². The third kappa shape index (κ3) is 4.80. The van der Waals surface area contributed by atoms with Gasteiger partial charge in [0.1, 0.15) is 0 Å². The predicted octanol–water partition coefficient (Wildman–Crippen LogP) is 0.125. The van der Waals surface area contributed by atoms with Crippen molar-refractivity contribution in [2.75, 3.05) is 14.2 Å². The molecule has 0 saturated carbocycles. The van der Waals surface area contributed by atoms with E-state index < -0.39 is 23.9 Å². The molecule has 1 fully saturated rings. The highest BCUT2D eigenvalue weighted by Gasteiger charge is 2.38. The SMILES string of the molecule is CONC=CC=CC(C)N=NC1C(=O)NC(=O)N(C)C1=O. The van der Waals surface area contributed by atoms with Crippen LogP contribution in [0.3, 0.4) is 0 Å². The fourth-order valence-corrected chi connectivity index (χ4v) is 1.35. The summed E-state index contributed by atoms with van der Waals surface area (Å²) >= 11 is 0. The number of urea groups is 1. The Hall–Kier alpha value is -2.55. The second-order valence-corrected chi connectivity index (χ2v) is 4.13. The van der Waals surface area contributed by atoms with E-state index in [0.29, 0.717) is 0 Å². The van der Waals surface area contributed by atoms with Gasteiger partial charge in [0.05, 0.1) is 13.2 Å². The number of barbiturate groups is 1. The molecular weight excluding hydrogens is 278 g/mol. The second kappa shape index (κ2) is 7.90. The van der Waals surface area contributed by atoms with Crippen molar-refractivity contribution in [3.8, 4) is 0 Å². The topological polar surface area (TPSA) is 112 Å². The number of carbonyl (C=O) groups excluding carboxylic acids is 3. The van der Waals surface area contributed by atoms with Crippen molar-refractivity contribution in [3.63, 3.8) is 0 Å². The Bertz CT molecular complexity index is 500. The van der Waals surface area contributed by atoms with Gasteiger partial charge in [-0.05, 0) is 13.0 Å². The van der Waals surface area contributed by atoms with Crippen LogP contribution in [0, 0.1) is 0 Å². The molecule has 0 aromatic heterocycles. The second-order valence-electron chi connectivity index (χ2n) is 4.13. The monoisotopic (exact) mass is 295 g/mol. The third-order valence-electron chi connectivity index (χ3n) is 2.49. The molecule has 0 radical (unpaired) electrons. The Morgan fingerprint density at radius 1 is 1.38 bits per heavy atom. The Kier molecular flexibility index (Phi) is 6.21. The molecule has 4 amide bonds. The highest BCUT2D eigenvalue weighted by atomic mass is 16.6. The summed E-state index contributed by atoms with van der Waals surface area (Å²) in [7, 11) is 2.75. The van der Waals surface area contributed by atoms with E-state index in [1.54, 1.807) is 31.4 Å². The molecule has 0 spiro atoms. The van der Waals surface area contributed by atoms with Crippen LogP contribution in [-0.4, -0.2) is 49.0 Å². The molecule has 9 heteroatoms. The van der Waals surface area contributed by atoms with E-state index in [0.717, 1.165) is 4.90 Å². The van der Waals surface area contributed by atoms with Gasteiger partial charge in [-0.3, -0.25) is 30.1 Å². The zero-order chi connectivity index (χ0) is 15.8. The number of allylic oxidation sites excluding steroid dienone is 2. The van der Waals surface area contributed by atoms with Gasteiger partial charge in [0.15, 0.2) is 0 Å². The maximum atomic E-state index is 11.7. The average Bonchev–Trinajstić information content (AvgIpc) is 2.44. The van der Waals surface area contributed by atoms with E-state index >= 15 is 0 Å². The fraction of sp³-hybridized carbons (Fsp3) is 0.417. The van der Waals surface area contributed by atoms with Crippen molar-refractivity contribution in [2.45, 2.75) is 19.0 Å². The Morgan fingerprint density at radius 2 is 2.10 bits per heavy atom. The molecule has 9 nitrogen and oxygen atoms in total. The summed E-state index contributed by atoms with van der Waals surface area (Å²) in [5.41, 5.74) is 2.51. The number of nitrogens with one attached hydrogen (secondary N) is 2. The average molecular weight is 295 g/mol. The highest BCUT2D eigenvalue weighted by Crippen LogP contribution is 2.07.